The zero-order chi connectivity index (χ0) is 18.4. The van der Waals surface area contributed by atoms with Gasteiger partial charge in [-0.05, 0) is 43.5 Å². The van der Waals surface area contributed by atoms with Crippen LogP contribution in [0.4, 0.5) is 5.00 Å². The highest BCUT2D eigenvalue weighted by atomic mass is 32.1. The Balaban J connectivity index is 1.63. The van der Waals surface area contributed by atoms with Crippen molar-refractivity contribution in [3.63, 3.8) is 0 Å². The molecule has 1 aromatic carbocycles. The van der Waals surface area contributed by atoms with Gasteiger partial charge in [0.15, 0.2) is 11.5 Å². The zero-order valence-corrected chi connectivity index (χ0v) is 15.9. The fraction of sp³-hybridized carbons (Fsp3) is 0.421. The number of anilines is 1. The summed E-state index contributed by atoms with van der Waals surface area (Å²) < 4.78 is 5.09. The van der Waals surface area contributed by atoms with Crippen LogP contribution in [0.3, 0.4) is 0 Å². The van der Waals surface area contributed by atoms with E-state index in [4.69, 9.17) is 4.74 Å². The average Bonchev–Trinajstić information content (AvgIpc) is 2.99. The van der Waals surface area contributed by atoms with E-state index < -0.39 is 0 Å². The van der Waals surface area contributed by atoms with Crippen molar-refractivity contribution in [1.29, 1.82) is 0 Å². The SMILES string of the molecule is COc1ccc([C@@H]2NC(=O)c3c(sc4c3CCN(C(C)C)C4)N2)cc1O. The van der Waals surface area contributed by atoms with Crippen LogP contribution in [0.1, 0.15) is 46.4 Å². The van der Waals surface area contributed by atoms with Gasteiger partial charge >= 0.3 is 0 Å². The van der Waals surface area contributed by atoms with Crippen molar-refractivity contribution in [3.8, 4) is 11.5 Å². The number of methoxy groups -OCH3 is 1. The molecule has 0 radical (unpaired) electrons. The molecule has 0 saturated carbocycles. The van der Waals surface area contributed by atoms with Gasteiger partial charge in [0.1, 0.15) is 11.2 Å². The number of phenolic OH excluding ortho intramolecular Hbond substituents is 1. The zero-order valence-electron chi connectivity index (χ0n) is 15.1. The van der Waals surface area contributed by atoms with Crippen molar-refractivity contribution in [3.05, 3.63) is 39.8 Å². The molecule has 3 heterocycles. The molecule has 26 heavy (non-hydrogen) atoms. The fourth-order valence-corrected chi connectivity index (χ4v) is 4.93. The minimum Gasteiger partial charge on any atom is -0.504 e. The summed E-state index contributed by atoms with van der Waals surface area (Å²) in [5, 5.41) is 17.4. The lowest BCUT2D eigenvalue weighted by atomic mass is 9.99. The molecule has 0 saturated heterocycles. The first kappa shape index (κ1) is 17.2. The Hall–Kier alpha value is -2.25. The molecule has 1 atom stereocenters. The second-order valence-electron chi connectivity index (χ2n) is 7.00. The minimum absolute atomic E-state index is 0.0467. The van der Waals surface area contributed by atoms with Gasteiger partial charge in [-0.1, -0.05) is 6.07 Å². The number of hydrogen-bond donors (Lipinski definition) is 3. The molecule has 4 rings (SSSR count). The largest absolute Gasteiger partial charge is 0.504 e. The quantitative estimate of drug-likeness (QED) is 0.771. The maximum Gasteiger partial charge on any atom is 0.256 e. The summed E-state index contributed by atoms with van der Waals surface area (Å²) in [6.07, 6.45) is 0.538. The van der Waals surface area contributed by atoms with Gasteiger partial charge in [0.05, 0.1) is 12.7 Å². The normalized spacial score (nSPS) is 19.5. The number of phenols is 1. The molecule has 138 valence electrons. The van der Waals surface area contributed by atoms with Crippen molar-refractivity contribution in [2.45, 2.75) is 39.0 Å². The maximum atomic E-state index is 12.8. The average molecular weight is 373 g/mol. The summed E-state index contributed by atoms with van der Waals surface area (Å²) in [6.45, 7) is 6.29. The lowest BCUT2D eigenvalue weighted by molar-refractivity contribution is 0.0934. The van der Waals surface area contributed by atoms with Gasteiger partial charge in [0, 0.05) is 24.0 Å². The van der Waals surface area contributed by atoms with Crippen LogP contribution in [-0.4, -0.2) is 35.6 Å². The van der Waals surface area contributed by atoms with Crippen LogP contribution in [0, 0.1) is 0 Å². The second kappa shape index (κ2) is 6.48. The van der Waals surface area contributed by atoms with Crippen molar-refractivity contribution < 1.29 is 14.6 Å². The Morgan fingerprint density at radius 2 is 2.15 bits per heavy atom. The highest BCUT2D eigenvalue weighted by Crippen LogP contribution is 2.41. The molecule has 3 N–H and O–H groups in total. The first-order chi connectivity index (χ1) is 12.5. The predicted molar refractivity (Wildman–Crippen MR) is 102 cm³/mol. The molecule has 0 bridgehead atoms. The third-order valence-electron chi connectivity index (χ3n) is 5.13. The molecular weight excluding hydrogens is 350 g/mol. The van der Waals surface area contributed by atoms with E-state index in [0.717, 1.165) is 35.6 Å². The van der Waals surface area contributed by atoms with Crippen LogP contribution < -0.4 is 15.4 Å². The molecule has 0 unspecified atom stereocenters. The lowest BCUT2D eigenvalue weighted by Gasteiger charge is -2.31. The topological polar surface area (TPSA) is 73.8 Å². The summed E-state index contributed by atoms with van der Waals surface area (Å²) in [6, 6.07) is 5.67. The Bertz CT molecular complexity index is 862. The van der Waals surface area contributed by atoms with Gasteiger partial charge in [-0.15, -0.1) is 11.3 Å². The van der Waals surface area contributed by atoms with Crippen molar-refractivity contribution in [2.75, 3.05) is 19.0 Å². The van der Waals surface area contributed by atoms with E-state index in [1.807, 2.05) is 6.07 Å². The van der Waals surface area contributed by atoms with Gasteiger partial charge in [-0.25, -0.2) is 0 Å². The number of carbonyl (C=O) groups excluding carboxylic acids is 1. The van der Waals surface area contributed by atoms with E-state index in [1.54, 1.807) is 23.5 Å². The first-order valence-electron chi connectivity index (χ1n) is 8.80. The van der Waals surface area contributed by atoms with Gasteiger partial charge < -0.3 is 20.5 Å². The Labute approximate surface area is 156 Å². The van der Waals surface area contributed by atoms with Crippen molar-refractivity contribution >= 4 is 22.2 Å². The fourth-order valence-electron chi connectivity index (χ4n) is 3.63. The molecule has 2 aromatic rings. The number of carbonyl (C=O) groups is 1. The molecule has 0 aliphatic carbocycles. The summed E-state index contributed by atoms with van der Waals surface area (Å²) >= 11 is 1.67. The molecule has 0 fully saturated rings. The number of amides is 1. The van der Waals surface area contributed by atoms with Crippen LogP contribution in [0.25, 0.3) is 0 Å². The van der Waals surface area contributed by atoms with E-state index in [1.165, 1.54) is 17.6 Å². The number of fused-ring (bicyclic) bond motifs is 3. The van der Waals surface area contributed by atoms with Crippen LogP contribution in [0.5, 0.6) is 11.5 Å². The summed E-state index contributed by atoms with van der Waals surface area (Å²) in [7, 11) is 1.51. The third kappa shape index (κ3) is 2.81. The minimum atomic E-state index is -0.367. The van der Waals surface area contributed by atoms with E-state index in [9.17, 15) is 9.90 Å². The monoisotopic (exact) mass is 373 g/mol. The Morgan fingerprint density at radius 1 is 1.35 bits per heavy atom. The number of aromatic hydroxyl groups is 1. The van der Waals surface area contributed by atoms with E-state index in [-0.39, 0.29) is 17.8 Å². The number of thiophene rings is 1. The number of benzene rings is 1. The van der Waals surface area contributed by atoms with E-state index in [2.05, 4.69) is 29.4 Å². The molecule has 6 nitrogen and oxygen atoms in total. The van der Waals surface area contributed by atoms with Crippen molar-refractivity contribution in [1.82, 2.24) is 10.2 Å². The number of nitrogens with zero attached hydrogens (tertiary/aromatic N) is 1. The predicted octanol–water partition coefficient (Wildman–Crippen LogP) is 3.08. The second-order valence-corrected chi connectivity index (χ2v) is 8.11. The summed E-state index contributed by atoms with van der Waals surface area (Å²) in [5.74, 6) is 0.427. The van der Waals surface area contributed by atoms with Crippen LogP contribution in [0.2, 0.25) is 0 Å². The van der Waals surface area contributed by atoms with Gasteiger partial charge in [0.2, 0.25) is 0 Å². The summed E-state index contributed by atoms with van der Waals surface area (Å²) in [4.78, 5) is 16.5. The standard InChI is InChI=1S/C19H23N3O3S/c1-10(2)22-7-6-12-15(9-22)26-19-16(12)18(24)20-17(21-19)11-4-5-14(25-3)13(23)8-11/h4-5,8,10,17,21,23H,6-7,9H2,1-3H3,(H,20,24)/t17-/m1/s1. The summed E-state index contributed by atoms with van der Waals surface area (Å²) in [5.41, 5.74) is 2.77. The molecule has 2 aliphatic heterocycles. The van der Waals surface area contributed by atoms with Gasteiger partial charge in [-0.2, -0.15) is 0 Å². The van der Waals surface area contributed by atoms with E-state index >= 15 is 0 Å². The smallest absolute Gasteiger partial charge is 0.256 e. The first-order valence-corrected chi connectivity index (χ1v) is 9.62. The van der Waals surface area contributed by atoms with Crippen molar-refractivity contribution in [2.24, 2.45) is 0 Å². The highest BCUT2D eigenvalue weighted by Gasteiger charge is 2.33. The molecular formula is C19H23N3O3S. The molecule has 2 aliphatic rings. The van der Waals surface area contributed by atoms with Gasteiger partial charge in [0.25, 0.3) is 5.91 Å². The molecule has 1 aromatic heterocycles. The van der Waals surface area contributed by atoms with Crippen LogP contribution in [0.15, 0.2) is 18.2 Å². The molecule has 7 heteroatoms. The lowest BCUT2D eigenvalue weighted by Crippen LogP contribution is -2.39. The number of rotatable bonds is 3. The van der Waals surface area contributed by atoms with Crippen LogP contribution >= 0.6 is 11.3 Å². The maximum absolute atomic E-state index is 12.8. The number of nitrogens with one attached hydrogen (secondary N) is 2. The third-order valence-corrected chi connectivity index (χ3v) is 6.28. The van der Waals surface area contributed by atoms with Gasteiger partial charge in [-0.3, -0.25) is 9.69 Å². The highest BCUT2D eigenvalue weighted by molar-refractivity contribution is 7.16. The van der Waals surface area contributed by atoms with E-state index in [0.29, 0.717) is 11.8 Å². The molecule has 1 amide bonds. The number of hydrogen-bond acceptors (Lipinski definition) is 6. The Morgan fingerprint density at radius 3 is 2.85 bits per heavy atom. The number of ether oxygens (including phenoxy) is 1. The molecule has 0 spiro atoms. The van der Waals surface area contributed by atoms with Crippen LogP contribution in [-0.2, 0) is 13.0 Å². The Kier molecular flexibility index (Phi) is 4.28.